The Balaban J connectivity index is 2.45. The van der Waals surface area contributed by atoms with E-state index in [9.17, 15) is 4.79 Å². The summed E-state index contributed by atoms with van der Waals surface area (Å²) in [4.78, 5) is 15.4. The van der Waals surface area contributed by atoms with Gasteiger partial charge in [0.1, 0.15) is 1.37 Å². The van der Waals surface area contributed by atoms with Gasteiger partial charge in [-0.2, -0.15) is 0 Å². The van der Waals surface area contributed by atoms with Crippen LogP contribution in [0.4, 0.5) is 0 Å². The Labute approximate surface area is 103 Å². The highest BCUT2D eigenvalue weighted by molar-refractivity contribution is 5.74. The van der Waals surface area contributed by atoms with Gasteiger partial charge >= 0.3 is 5.97 Å². The quantitative estimate of drug-likeness (QED) is 0.715. The van der Waals surface area contributed by atoms with Crippen LogP contribution >= 0.6 is 0 Å². The van der Waals surface area contributed by atoms with Crippen LogP contribution < -0.4 is 0 Å². The molecule has 1 aliphatic rings. The fourth-order valence-corrected chi connectivity index (χ4v) is 1.46. The second kappa shape index (κ2) is 4.04. The van der Waals surface area contributed by atoms with Crippen LogP contribution in [0.25, 0.3) is 0 Å². The Morgan fingerprint density at radius 3 is 3.67 bits per heavy atom. The van der Waals surface area contributed by atoms with Crippen molar-refractivity contribution in [3.8, 4) is 0 Å². The number of aromatic nitrogens is 2. The predicted octanol–water partition coefficient (Wildman–Crippen LogP) is 1.16. The lowest BCUT2D eigenvalue weighted by atomic mass is 9.89. The van der Waals surface area contributed by atoms with E-state index in [1.807, 2.05) is 0 Å². The van der Waals surface area contributed by atoms with Gasteiger partial charge in [-0.25, -0.2) is 4.98 Å². The van der Waals surface area contributed by atoms with E-state index in [4.69, 9.17) is 13.7 Å². The summed E-state index contributed by atoms with van der Waals surface area (Å²) in [5, 5.41) is 0. The monoisotopic (exact) mass is 218 g/mol. The smallest absolute Gasteiger partial charge is 0.309 e. The first-order chi connectivity index (χ1) is 11.1. The molecule has 0 amide bonds. The van der Waals surface area contributed by atoms with Gasteiger partial charge in [-0.1, -0.05) is 6.85 Å². The molecule has 2 rings (SSSR count). The fraction of sp³-hybridized carbons (Fsp3) is 0.636. The molecule has 82 valence electrons. The number of carbonyl (C=O) groups is 1. The predicted molar refractivity (Wildman–Crippen MR) is 55.1 cm³/mol. The van der Waals surface area contributed by atoms with Crippen molar-refractivity contribution in [2.75, 3.05) is 6.56 Å². The topological polar surface area (TPSA) is 44.1 Å². The fourth-order valence-electron chi connectivity index (χ4n) is 1.46. The van der Waals surface area contributed by atoms with Crippen molar-refractivity contribution in [3.05, 3.63) is 18.2 Å². The van der Waals surface area contributed by atoms with Gasteiger partial charge in [-0.3, -0.25) is 4.79 Å². The average molecular weight is 218 g/mol. The molecule has 4 nitrogen and oxygen atoms in total. The minimum absolute atomic E-state index is 0.271. The van der Waals surface area contributed by atoms with Crippen LogP contribution in [-0.2, 0) is 22.9 Å². The van der Waals surface area contributed by atoms with E-state index >= 15 is 0 Å². The molecule has 0 N–H and O–H groups in total. The highest BCUT2D eigenvalue weighted by Gasteiger charge is 2.35. The zero-order chi connectivity index (χ0) is 19.4. The summed E-state index contributed by atoms with van der Waals surface area (Å²) in [7, 11) is 0. The Hall–Kier alpha value is -1.32. The maximum absolute atomic E-state index is 11.9. The van der Waals surface area contributed by atoms with Gasteiger partial charge in [0.05, 0.1) is 22.9 Å². The normalized spacial score (nSPS) is 40.4. The van der Waals surface area contributed by atoms with E-state index in [0.717, 1.165) is 0 Å². The maximum Gasteiger partial charge on any atom is 0.309 e. The van der Waals surface area contributed by atoms with E-state index in [1.165, 1.54) is 0 Å². The first-order valence-corrected chi connectivity index (χ1v) is 4.41. The third-order valence-corrected chi connectivity index (χ3v) is 2.34. The van der Waals surface area contributed by atoms with E-state index in [-0.39, 0.29) is 5.69 Å². The summed E-state index contributed by atoms with van der Waals surface area (Å²) < 4.78 is 80.4. The molecule has 0 radical (unpaired) electrons. The first kappa shape index (κ1) is 3.61. The minimum Gasteiger partial charge on any atom is -0.465 e. The van der Waals surface area contributed by atoms with Crippen LogP contribution in [-0.4, -0.2) is 22.1 Å². The highest BCUT2D eigenvalue weighted by atomic mass is 16.5. The van der Waals surface area contributed by atoms with Crippen LogP contribution in [0.3, 0.4) is 0 Å². The average Bonchev–Trinajstić information content (AvgIpc) is 2.75. The summed E-state index contributed by atoms with van der Waals surface area (Å²) in [6, 6.07) is 0. The lowest BCUT2D eigenvalue weighted by molar-refractivity contribution is -0.141. The van der Waals surface area contributed by atoms with Crippen molar-refractivity contribution in [1.29, 1.82) is 0 Å². The Morgan fingerprint density at radius 2 is 2.87 bits per heavy atom. The van der Waals surface area contributed by atoms with Crippen molar-refractivity contribution in [2.24, 2.45) is 18.8 Å². The van der Waals surface area contributed by atoms with E-state index in [0.29, 0.717) is 4.57 Å². The van der Waals surface area contributed by atoms with Gasteiger partial charge in [0.2, 0.25) is 0 Å². The third-order valence-electron chi connectivity index (χ3n) is 2.34. The molecular weight excluding hydrogens is 192 g/mol. The number of carbonyl (C=O) groups excluding carboxylic acids is 1. The van der Waals surface area contributed by atoms with Gasteiger partial charge in [0, 0.05) is 33.0 Å². The number of esters is 1. The standard InChI is InChI=1S/C11H16N2O2/c1-3-10-8(6-15-11(10)14)4-9-5-12-7-13(9)2/h5,7-8,10H,3-4,6H2,1-2H3/t8-,10-/m0/s1/i1D3,2D3,5D,6D2,7D. The summed E-state index contributed by atoms with van der Waals surface area (Å²) in [5.41, 5.74) is -0.271. The lowest BCUT2D eigenvalue weighted by Gasteiger charge is -2.12. The van der Waals surface area contributed by atoms with Crippen LogP contribution in [0, 0.1) is 11.8 Å². The second-order valence-corrected chi connectivity index (χ2v) is 3.27. The Kier molecular flexibility index (Phi) is 0.974. The number of hydrogen-bond donors (Lipinski definition) is 0. The van der Waals surface area contributed by atoms with Gasteiger partial charge in [0.25, 0.3) is 0 Å². The molecule has 0 aliphatic carbocycles. The van der Waals surface area contributed by atoms with Crippen molar-refractivity contribution >= 4 is 5.97 Å². The molecule has 0 bridgehead atoms. The number of imidazole rings is 1. The second-order valence-electron chi connectivity index (χ2n) is 3.27. The molecule has 1 saturated heterocycles. The van der Waals surface area contributed by atoms with Crippen molar-refractivity contribution in [2.45, 2.75) is 19.7 Å². The molecule has 4 heteroatoms. The molecule has 2 heterocycles. The van der Waals surface area contributed by atoms with E-state index in [1.54, 1.807) is 0 Å². The molecule has 0 unspecified atom stereocenters. The molecule has 0 saturated carbocycles. The summed E-state index contributed by atoms with van der Waals surface area (Å²) in [6.45, 7) is -7.86. The van der Waals surface area contributed by atoms with Crippen LogP contribution in [0.5, 0.6) is 0 Å². The van der Waals surface area contributed by atoms with Crippen LogP contribution in [0.15, 0.2) is 12.5 Å². The number of ether oxygens (including phenoxy) is 1. The lowest BCUT2D eigenvalue weighted by Crippen LogP contribution is -2.18. The van der Waals surface area contributed by atoms with Crippen molar-refractivity contribution in [3.63, 3.8) is 0 Å². The van der Waals surface area contributed by atoms with E-state index < -0.39 is 63.5 Å². The molecule has 1 fully saturated rings. The molecule has 1 aromatic heterocycles. The minimum atomic E-state index is -2.82. The Morgan fingerprint density at radius 1 is 1.93 bits per heavy atom. The van der Waals surface area contributed by atoms with Crippen LogP contribution in [0.2, 0.25) is 0 Å². The molecule has 0 spiro atoms. The van der Waals surface area contributed by atoms with E-state index in [2.05, 4.69) is 9.72 Å². The van der Waals surface area contributed by atoms with Crippen molar-refractivity contribution < 1.29 is 23.2 Å². The molecule has 1 aliphatic heterocycles. The van der Waals surface area contributed by atoms with Crippen molar-refractivity contribution in [1.82, 2.24) is 9.55 Å². The number of nitrogens with zero attached hydrogens (tertiary/aromatic N) is 2. The summed E-state index contributed by atoms with van der Waals surface area (Å²) in [6.07, 6.45) is -2.34. The number of rotatable bonds is 3. The first-order valence-electron chi connectivity index (χ1n) is 9.41. The summed E-state index contributed by atoms with van der Waals surface area (Å²) >= 11 is 0. The maximum atomic E-state index is 11.9. The third kappa shape index (κ3) is 1.89. The molecule has 0 aromatic carbocycles. The van der Waals surface area contributed by atoms with Gasteiger partial charge in [-0.15, -0.1) is 0 Å². The molecular formula is C11H16N2O2. The zero-order valence-corrected chi connectivity index (χ0v) is 7.78. The van der Waals surface area contributed by atoms with Crippen LogP contribution in [0.1, 0.15) is 32.7 Å². The summed E-state index contributed by atoms with van der Waals surface area (Å²) in [5.74, 6) is -3.67. The molecule has 15 heavy (non-hydrogen) atoms. The van der Waals surface area contributed by atoms with Gasteiger partial charge in [-0.05, 0) is 12.8 Å². The number of hydrogen-bond acceptors (Lipinski definition) is 3. The molecule has 1 aromatic rings. The number of cyclic esters (lactones) is 1. The van der Waals surface area contributed by atoms with Gasteiger partial charge < -0.3 is 9.30 Å². The van der Waals surface area contributed by atoms with Gasteiger partial charge in [0.15, 0.2) is 0 Å². The Bertz CT molecular complexity index is 678. The largest absolute Gasteiger partial charge is 0.465 e. The zero-order valence-electron chi connectivity index (χ0n) is 17.8. The SMILES string of the molecule is [2H]c1nc([2H])n(C([2H])([2H])[2H])c1C[C@@H]1[C@H](CC([2H])([2H])[2H])C(=O)OC1([2H])[2H]. The molecule has 2 atom stereocenters. The highest BCUT2D eigenvalue weighted by Crippen LogP contribution is 2.27.